The van der Waals surface area contributed by atoms with Crippen molar-refractivity contribution in [1.82, 2.24) is 14.7 Å². The zero-order valence-electron chi connectivity index (χ0n) is 15.8. The van der Waals surface area contributed by atoms with Gasteiger partial charge in [-0.15, -0.1) is 0 Å². The van der Waals surface area contributed by atoms with Crippen LogP contribution >= 0.6 is 0 Å². The maximum atomic E-state index is 12.3. The molecule has 0 aliphatic carbocycles. The zero-order chi connectivity index (χ0) is 19.4. The third-order valence-electron chi connectivity index (χ3n) is 4.87. The molecule has 1 saturated heterocycles. The van der Waals surface area contributed by atoms with Gasteiger partial charge in [0.15, 0.2) is 6.61 Å². The van der Waals surface area contributed by atoms with E-state index in [1.165, 1.54) is 6.20 Å². The molecule has 2 aromatic rings. The van der Waals surface area contributed by atoms with Crippen LogP contribution in [-0.4, -0.2) is 46.3 Å². The van der Waals surface area contributed by atoms with E-state index in [-0.39, 0.29) is 30.9 Å². The standard InChI is InChI=1S/C20H25N3O4/c1-14-9-15(2)12-22(11-14)19(25)13-27-20(26)7-8-23-17-6-4-3-5-16(17)18(24)10-21-23/h3-6,10,14-15H,7-9,11-13H2,1-2H3/t14-,15+. The molecule has 7 heteroatoms. The number of carbonyl (C=O) groups is 2. The summed E-state index contributed by atoms with van der Waals surface area (Å²) in [5, 5.41) is 4.64. The van der Waals surface area contributed by atoms with Gasteiger partial charge < -0.3 is 9.64 Å². The second-order valence-corrected chi connectivity index (χ2v) is 7.40. The Hall–Kier alpha value is -2.70. The van der Waals surface area contributed by atoms with Gasteiger partial charge in [0.1, 0.15) is 0 Å². The van der Waals surface area contributed by atoms with Gasteiger partial charge >= 0.3 is 5.97 Å². The van der Waals surface area contributed by atoms with E-state index in [2.05, 4.69) is 18.9 Å². The summed E-state index contributed by atoms with van der Waals surface area (Å²) in [5.41, 5.74) is 0.519. The zero-order valence-corrected chi connectivity index (χ0v) is 15.8. The van der Waals surface area contributed by atoms with Crippen molar-refractivity contribution in [1.29, 1.82) is 0 Å². The van der Waals surface area contributed by atoms with Crippen LogP contribution in [0.2, 0.25) is 0 Å². The van der Waals surface area contributed by atoms with Gasteiger partial charge in [-0.3, -0.25) is 19.1 Å². The van der Waals surface area contributed by atoms with E-state index in [1.807, 2.05) is 6.07 Å². The Morgan fingerprint density at radius 1 is 1.19 bits per heavy atom. The second kappa shape index (κ2) is 8.33. The molecule has 1 aromatic carbocycles. The molecule has 0 bridgehead atoms. The number of nitrogens with zero attached hydrogens (tertiary/aromatic N) is 3. The Morgan fingerprint density at radius 2 is 1.89 bits per heavy atom. The smallest absolute Gasteiger partial charge is 0.308 e. The normalized spacial score (nSPS) is 19.9. The number of benzene rings is 1. The highest BCUT2D eigenvalue weighted by Crippen LogP contribution is 2.20. The molecule has 27 heavy (non-hydrogen) atoms. The van der Waals surface area contributed by atoms with E-state index >= 15 is 0 Å². The Kier molecular flexibility index (Phi) is 5.88. The summed E-state index contributed by atoms with van der Waals surface area (Å²) in [5.74, 6) is 0.334. The molecule has 0 N–H and O–H groups in total. The third-order valence-corrected chi connectivity index (χ3v) is 4.87. The van der Waals surface area contributed by atoms with E-state index in [0.717, 1.165) is 6.42 Å². The lowest BCUT2D eigenvalue weighted by Crippen LogP contribution is -2.44. The number of hydrogen-bond donors (Lipinski definition) is 0. The van der Waals surface area contributed by atoms with Crippen LogP contribution in [0.1, 0.15) is 26.7 Å². The first-order chi connectivity index (χ1) is 12.9. The maximum Gasteiger partial charge on any atom is 0.308 e. The highest BCUT2D eigenvalue weighted by atomic mass is 16.5. The number of likely N-dealkylation sites (tertiary alicyclic amines) is 1. The number of amides is 1. The van der Waals surface area contributed by atoms with E-state index in [4.69, 9.17) is 4.74 Å². The van der Waals surface area contributed by atoms with Crippen LogP contribution in [-0.2, 0) is 20.9 Å². The van der Waals surface area contributed by atoms with Gasteiger partial charge in [-0.25, -0.2) is 0 Å². The average molecular weight is 371 g/mol. The van der Waals surface area contributed by atoms with E-state index < -0.39 is 5.97 Å². The fourth-order valence-electron chi connectivity index (χ4n) is 3.71. The van der Waals surface area contributed by atoms with Crippen molar-refractivity contribution in [3.63, 3.8) is 0 Å². The molecule has 1 aliphatic rings. The molecule has 1 aromatic heterocycles. The quantitative estimate of drug-likeness (QED) is 0.749. The number of aromatic nitrogens is 2. The number of fused-ring (bicyclic) bond motifs is 1. The summed E-state index contributed by atoms with van der Waals surface area (Å²) >= 11 is 0. The van der Waals surface area contributed by atoms with Crippen molar-refractivity contribution < 1.29 is 14.3 Å². The molecule has 144 valence electrons. The topological polar surface area (TPSA) is 81.5 Å². The van der Waals surface area contributed by atoms with Crippen LogP contribution in [0.15, 0.2) is 35.3 Å². The van der Waals surface area contributed by atoms with Gasteiger partial charge in [0.25, 0.3) is 5.91 Å². The molecule has 0 spiro atoms. The first kappa shape index (κ1) is 19.1. The van der Waals surface area contributed by atoms with Crippen molar-refractivity contribution in [2.24, 2.45) is 11.8 Å². The van der Waals surface area contributed by atoms with Gasteiger partial charge in [0, 0.05) is 18.5 Å². The molecule has 0 unspecified atom stereocenters. The molecule has 0 radical (unpaired) electrons. The lowest BCUT2D eigenvalue weighted by Gasteiger charge is -2.34. The molecule has 1 aliphatic heterocycles. The Balaban J connectivity index is 1.53. The molecular weight excluding hydrogens is 346 g/mol. The molecule has 1 amide bonds. The summed E-state index contributed by atoms with van der Waals surface area (Å²) in [7, 11) is 0. The fraction of sp³-hybridized carbons (Fsp3) is 0.500. The lowest BCUT2D eigenvalue weighted by molar-refractivity contribution is -0.153. The number of esters is 1. The van der Waals surface area contributed by atoms with Crippen molar-refractivity contribution in [3.05, 3.63) is 40.7 Å². The van der Waals surface area contributed by atoms with Crippen LogP contribution in [0, 0.1) is 11.8 Å². The number of rotatable bonds is 5. The van der Waals surface area contributed by atoms with Crippen LogP contribution < -0.4 is 5.43 Å². The maximum absolute atomic E-state index is 12.3. The van der Waals surface area contributed by atoms with Gasteiger partial charge in [-0.05, 0) is 30.4 Å². The minimum Gasteiger partial charge on any atom is -0.456 e. The van der Waals surface area contributed by atoms with Gasteiger partial charge in [0.2, 0.25) is 5.43 Å². The molecular formula is C20H25N3O4. The predicted octanol–water partition coefficient (Wildman–Crippen LogP) is 1.83. The molecule has 2 heterocycles. The monoisotopic (exact) mass is 371 g/mol. The predicted molar refractivity (Wildman–Crippen MR) is 101 cm³/mol. The van der Waals surface area contributed by atoms with Crippen molar-refractivity contribution in [2.75, 3.05) is 19.7 Å². The molecule has 3 rings (SSSR count). The largest absolute Gasteiger partial charge is 0.456 e. The van der Waals surface area contributed by atoms with Crippen LogP contribution in [0.3, 0.4) is 0 Å². The number of hydrogen-bond acceptors (Lipinski definition) is 5. The number of para-hydroxylation sites is 1. The number of piperidine rings is 1. The summed E-state index contributed by atoms with van der Waals surface area (Å²) in [6.45, 7) is 5.75. The summed E-state index contributed by atoms with van der Waals surface area (Å²) in [6, 6.07) is 7.12. The van der Waals surface area contributed by atoms with Gasteiger partial charge in [-0.2, -0.15) is 5.10 Å². The Labute approximate surface area is 157 Å². The highest BCUT2D eigenvalue weighted by Gasteiger charge is 2.25. The first-order valence-corrected chi connectivity index (χ1v) is 9.32. The number of aryl methyl sites for hydroxylation is 1. The fourth-order valence-corrected chi connectivity index (χ4v) is 3.71. The Morgan fingerprint density at radius 3 is 2.63 bits per heavy atom. The van der Waals surface area contributed by atoms with Gasteiger partial charge in [0.05, 0.1) is 24.7 Å². The summed E-state index contributed by atoms with van der Waals surface area (Å²) in [6.07, 6.45) is 2.44. The van der Waals surface area contributed by atoms with Crippen molar-refractivity contribution >= 4 is 22.8 Å². The molecule has 0 saturated carbocycles. The lowest BCUT2D eigenvalue weighted by atomic mass is 9.92. The van der Waals surface area contributed by atoms with E-state index in [9.17, 15) is 14.4 Å². The average Bonchev–Trinajstić information content (AvgIpc) is 2.65. The van der Waals surface area contributed by atoms with Crippen LogP contribution in [0.4, 0.5) is 0 Å². The third kappa shape index (κ3) is 4.72. The van der Waals surface area contributed by atoms with E-state index in [0.29, 0.717) is 35.8 Å². The SMILES string of the molecule is C[C@@H]1C[C@H](C)CN(C(=O)COC(=O)CCn2ncc(=O)c3ccccc32)C1. The molecule has 7 nitrogen and oxygen atoms in total. The van der Waals surface area contributed by atoms with Crippen molar-refractivity contribution in [2.45, 2.75) is 33.2 Å². The molecule has 1 fully saturated rings. The second-order valence-electron chi connectivity index (χ2n) is 7.40. The van der Waals surface area contributed by atoms with Crippen LogP contribution in [0.25, 0.3) is 10.9 Å². The number of carbonyl (C=O) groups excluding carboxylic acids is 2. The van der Waals surface area contributed by atoms with Crippen LogP contribution in [0.5, 0.6) is 0 Å². The summed E-state index contributed by atoms with van der Waals surface area (Å²) in [4.78, 5) is 37.9. The minimum atomic E-state index is -0.453. The highest BCUT2D eigenvalue weighted by molar-refractivity contribution is 5.81. The molecule has 2 atom stereocenters. The van der Waals surface area contributed by atoms with E-state index in [1.54, 1.807) is 27.8 Å². The van der Waals surface area contributed by atoms with Crippen molar-refractivity contribution in [3.8, 4) is 0 Å². The summed E-state index contributed by atoms with van der Waals surface area (Å²) < 4.78 is 6.76. The minimum absolute atomic E-state index is 0.0833. The van der Waals surface area contributed by atoms with Gasteiger partial charge in [-0.1, -0.05) is 26.0 Å². The first-order valence-electron chi connectivity index (χ1n) is 9.32. The Bertz CT molecular complexity index is 882. The number of ether oxygens (including phenoxy) is 1.